The van der Waals surface area contributed by atoms with Gasteiger partial charge in [-0.15, -0.1) is 10.2 Å². The number of hydrogen-bond acceptors (Lipinski definition) is 4. The molecule has 0 spiro atoms. The lowest BCUT2D eigenvalue weighted by Crippen LogP contribution is -1.94. The van der Waals surface area contributed by atoms with E-state index in [1.807, 2.05) is 6.07 Å². The molecule has 2 heterocycles. The van der Waals surface area contributed by atoms with E-state index in [1.165, 1.54) is 6.33 Å². The molecule has 4 nitrogen and oxygen atoms in total. The predicted molar refractivity (Wildman–Crippen MR) is 49.2 cm³/mol. The van der Waals surface area contributed by atoms with Crippen molar-refractivity contribution >= 4 is 11.0 Å². The average molecular weight is 174 g/mol. The Morgan fingerprint density at radius 2 is 2.00 bits per heavy atom. The summed E-state index contributed by atoms with van der Waals surface area (Å²) in [6.07, 6.45) is 3.17. The lowest BCUT2D eigenvalue weighted by Gasteiger charge is -2.03. The molecule has 2 rings (SSSR count). The first-order chi connectivity index (χ1) is 6.27. The van der Waals surface area contributed by atoms with E-state index in [0.717, 1.165) is 16.7 Å². The van der Waals surface area contributed by atoms with Gasteiger partial charge in [0.1, 0.15) is 17.4 Å². The molecule has 0 aromatic carbocycles. The number of nitrogens with zero attached hydrogens (tertiary/aromatic N) is 4. The Balaban J connectivity index is 2.62. The van der Waals surface area contributed by atoms with Gasteiger partial charge >= 0.3 is 0 Å². The summed E-state index contributed by atoms with van der Waals surface area (Å²) in [5.41, 5.74) is 2.62. The number of pyridine rings is 1. The standard InChI is InChI=1S/C9H10N4/c1-6(2)7-3-8-9(4-10-7)11-5-12-13-8/h3-6H,1-2H3. The first-order valence-electron chi connectivity index (χ1n) is 4.20. The SMILES string of the molecule is CC(C)c1cc2nncnc2cn1. The van der Waals surface area contributed by atoms with Gasteiger partial charge < -0.3 is 0 Å². The Hall–Kier alpha value is -1.58. The van der Waals surface area contributed by atoms with Gasteiger partial charge in [-0.05, 0) is 12.0 Å². The van der Waals surface area contributed by atoms with Crippen molar-refractivity contribution in [2.45, 2.75) is 19.8 Å². The van der Waals surface area contributed by atoms with Crippen LogP contribution < -0.4 is 0 Å². The molecule has 2 aromatic rings. The molecule has 4 heteroatoms. The second kappa shape index (κ2) is 3.05. The molecule has 0 atom stereocenters. The minimum Gasteiger partial charge on any atom is -0.259 e. The molecular weight excluding hydrogens is 164 g/mol. The lowest BCUT2D eigenvalue weighted by atomic mass is 10.1. The molecule has 0 saturated carbocycles. The number of hydrogen-bond donors (Lipinski definition) is 0. The third-order valence-electron chi connectivity index (χ3n) is 1.89. The molecule has 2 aromatic heterocycles. The Labute approximate surface area is 76.1 Å². The minimum absolute atomic E-state index is 0.409. The molecule has 0 radical (unpaired) electrons. The molecule has 0 aliphatic heterocycles. The van der Waals surface area contributed by atoms with Gasteiger partial charge in [0, 0.05) is 5.69 Å². The van der Waals surface area contributed by atoms with Crippen molar-refractivity contribution < 1.29 is 0 Å². The maximum absolute atomic E-state index is 4.28. The van der Waals surface area contributed by atoms with Gasteiger partial charge in [-0.2, -0.15) is 0 Å². The summed E-state index contributed by atoms with van der Waals surface area (Å²) in [6, 6.07) is 1.93. The lowest BCUT2D eigenvalue weighted by molar-refractivity contribution is 0.823. The van der Waals surface area contributed by atoms with Crippen LogP contribution in [0.5, 0.6) is 0 Å². The van der Waals surface area contributed by atoms with Crippen LogP contribution in [0.25, 0.3) is 11.0 Å². The van der Waals surface area contributed by atoms with Gasteiger partial charge in [0.05, 0.1) is 6.20 Å². The van der Waals surface area contributed by atoms with Crippen LogP contribution in [0.1, 0.15) is 25.5 Å². The molecule has 0 unspecified atom stereocenters. The molecule has 0 aliphatic carbocycles. The van der Waals surface area contributed by atoms with Crippen LogP contribution in [0.15, 0.2) is 18.6 Å². The van der Waals surface area contributed by atoms with Gasteiger partial charge in [0.2, 0.25) is 0 Å². The minimum atomic E-state index is 0.409. The first kappa shape index (κ1) is 8.04. The maximum atomic E-state index is 4.28. The fourth-order valence-corrected chi connectivity index (χ4v) is 1.12. The zero-order valence-electron chi connectivity index (χ0n) is 7.60. The van der Waals surface area contributed by atoms with Crippen LogP contribution in [0.2, 0.25) is 0 Å². The largest absolute Gasteiger partial charge is 0.259 e. The molecule has 0 bridgehead atoms. The normalized spacial score (nSPS) is 11.0. The van der Waals surface area contributed by atoms with Gasteiger partial charge in [0.15, 0.2) is 0 Å². The van der Waals surface area contributed by atoms with Crippen molar-refractivity contribution in [3.8, 4) is 0 Å². The average Bonchev–Trinajstić information content (AvgIpc) is 2.17. The fourth-order valence-electron chi connectivity index (χ4n) is 1.12. The summed E-state index contributed by atoms with van der Waals surface area (Å²) in [4.78, 5) is 8.32. The van der Waals surface area contributed by atoms with Crippen LogP contribution in [0, 0.1) is 0 Å². The number of rotatable bonds is 1. The first-order valence-corrected chi connectivity index (χ1v) is 4.20. The van der Waals surface area contributed by atoms with Crippen molar-refractivity contribution in [2.75, 3.05) is 0 Å². The van der Waals surface area contributed by atoms with E-state index >= 15 is 0 Å². The molecular formula is C9H10N4. The summed E-state index contributed by atoms with van der Waals surface area (Å²) in [5, 5.41) is 7.70. The summed E-state index contributed by atoms with van der Waals surface area (Å²) < 4.78 is 0. The molecule has 0 saturated heterocycles. The van der Waals surface area contributed by atoms with E-state index in [-0.39, 0.29) is 0 Å². The molecule has 0 fully saturated rings. The highest BCUT2D eigenvalue weighted by Crippen LogP contribution is 2.14. The molecule has 66 valence electrons. The van der Waals surface area contributed by atoms with Gasteiger partial charge in [-0.3, -0.25) is 4.98 Å². The summed E-state index contributed by atoms with van der Waals surface area (Å²) in [7, 11) is 0. The van der Waals surface area contributed by atoms with Gasteiger partial charge in [0.25, 0.3) is 0 Å². The van der Waals surface area contributed by atoms with Gasteiger partial charge in [-0.25, -0.2) is 4.98 Å². The summed E-state index contributed by atoms with van der Waals surface area (Å²) in [5.74, 6) is 0.409. The van der Waals surface area contributed by atoms with Crippen LogP contribution >= 0.6 is 0 Å². The third kappa shape index (κ3) is 1.47. The maximum Gasteiger partial charge on any atom is 0.138 e. The zero-order chi connectivity index (χ0) is 9.26. The van der Waals surface area contributed by atoms with Crippen molar-refractivity contribution in [1.29, 1.82) is 0 Å². The van der Waals surface area contributed by atoms with Crippen LogP contribution in [0.4, 0.5) is 0 Å². The van der Waals surface area contributed by atoms with Crippen LogP contribution in [-0.4, -0.2) is 20.2 Å². The van der Waals surface area contributed by atoms with E-state index < -0.39 is 0 Å². The van der Waals surface area contributed by atoms with E-state index in [1.54, 1.807) is 6.20 Å². The highest BCUT2D eigenvalue weighted by molar-refractivity contribution is 5.72. The second-order valence-electron chi connectivity index (χ2n) is 3.21. The molecule has 0 amide bonds. The Morgan fingerprint density at radius 1 is 1.15 bits per heavy atom. The van der Waals surface area contributed by atoms with E-state index in [2.05, 4.69) is 34.0 Å². The Morgan fingerprint density at radius 3 is 2.77 bits per heavy atom. The fraction of sp³-hybridized carbons (Fsp3) is 0.333. The quantitative estimate of drug-likeness (QED) is 0.658. The topological polar surface area (TPSA) is 51.6 Å². The highest BCUT2D eigenvalue weighted by atomic mass is 15.1. The highest BCUT2D eigenvalue weighted by Gasteiger charge is 2.03. The predicted octanol–water partition coefficient (Wildman–Crippen LogP) is 1.54. The summed E-state index contributed by atoms with van der Waals surface area (Å²) in [6.45, 7) is 4.19. The molecule has 0 aliphatic rings. The van der Waals surface area contributed by atoms with Crippen molar-refractivity contribution in [3.63, 3.8) is 0 Å². The Bertz CT molecular complexity index is 425. The van der Waals surface area contributed by atoms with Gasteiger partial charge in [-0.1, -0.05) is 13.8 Å². The van der Waals surface area contributed by atoms with Crippen LogP contribution in [-0.2, 0) is 0 Å². The van der Waals surface area contributed by atoms with Crippen molar-refractivity contribution in [3.05, 3.63) is 24.3 Å². The molecule has 13 heavy (non-hydrogen) atoms. The second-order valence-corrected chi connectivity index (χ2v) is 3.21. The third-order valence-corrected chi connectivity index (χ3v) is 1.89. The van der Waals surface area contributed by atoms with E-state index in [4.69, 9.17) is 0 Å². The van der Waals surface area contributed by atoms with Crippen molar-refractivity contribution in [2.24, 2.45) is 0 Å². The Kier molecular flexibility index (Phi) is 1.88. The van der Waals surface area contributed by atoms with E-state index in [0.29, 0.717) is 5.92 Å². The number of aromatic nitrogens is 4. The smallest absolute Gasteiger partial charge is 0.138 e. The molecule has 0 N–H and O–H groups in total. The van der Waals surface area contributed by atoms with Crippen molar-refractivity contribution in [1.82, 2.24) is 20.2 Å². The monoisotopic (exact) mass is 174 g/mol. The summed E-state index contributed by atoms with van der Waals surface area (Å²) >= 11 is 0. The zero-order valence-corrected chi connectivity index (χ0v) is 7.60. The van der Waals surface area contributed by atoms with E-state index in [9.17, 15) is 0 Å². The van der Waals surface area contributed by atoms with Crippen LogP contribution in [0.3, 0.4) is 0 Å². The number of fused-ring (bicyclic) bond motifs is 1.